The van der Waals surface area contributed by atoms with E-state index in [4.69, 9.17) is 9.47 Å². The molecule has 2 aromatic rings. The van der Waals surface area contributed by atoms with Crippen molar-refractivity contribution in [2.45, 2.75) is 64.0 Å². The topological polar surface area (TPSA) is 73.7 Å². The Hall–Kier alpha value is -1.40. The number of aryl methyl sites for hydroxylation is 1. The molecule has 2 aliphatic heterocycles. The van der Waals surface area contributed by atoms with Crippen molar-refractivity contribution in [1.82, 2.24) is 14.7 Å². The fraction of sp³-hybridized carbons (Fsp3) is 0.682. The van der Waals surface area contributed by atoms with Crippen molar-refractivity contribution in [3.63, 3.8) is 0 Å². The van der Waals surface area contributed by atoms with Crippen molar-refractivity contribution in [3.05, 3.63) is 38.8 Å². The maximum atomic E-state index is 13.8. The Morgan fingerprint density at radius 1 is 1.42 bits per heavy atom. The third-order valence-corrected chi connectivity index (χ3v) is 8.98. The highest BCUT2D eigenvalue weighted by Gasteiger charge is 2.46. The van der Waals surface area contributed by atoms with Crippen LogP contribution >= 0.6 is 11.3 Å². The molecule has 0 saturated carbocycles. The number of rotatable bonds is 8. The van der Waals surface area contributed by atoms with Gasteiger partial charge in [-0.3, -0.25) is 9.58 Å². The summed E-state index contributed by atoms with van der Waals surface area (Å²) in [6, 6.07) is 0.187. The molecule has 2 atom stereocenters. The standard InChI is InChI=1S/C22H31F2N3O4S2/c1-15-10-22(20-17(4-8-31-22)18(14-30-2)19(32-20)21(23)24)5-6-26(15)12-16-11-25-27(13-16)7-9-33(3,28)29/h11,13,15,21H,4-10,12,14H2,1-3H3/t15-,22+/m0/s1. The van der Waals surface area contributed by atoms with Gasteiger partial charge >= 0.3 is 0 Å². The molecule has 0 aliphatic carbocycles. The van der Waals surface area contributed by atoms with Gasteiger partial charge in [0.15, 0.2) is 0 Å². The number of hydrogen-bond donors (Lipinski definition) is 0. The normalized spacial score (nSPS) is 24.0. The minimum Gasteiger partial charge on any atom is -0.380 e. The second-order valence-electron chi connectivity index (χ2n) is 9.09. The minimum atomic E-state index is -3.04. The number of likely N-dealkylation sites (tertiary alicyclic amines) is 1. The number of aromatic nitrogens is 2. The molecule has 0 unspecified atom stereocenters. The van der Waals surface area contributed by atoms with Crippen LogP contribution in [0.3, 0.4) is 0 Å². The van der Waals surface area contributed by atoms with E-state index in [1.165, 1.54) is 24.7 Å². The highest BCUT2D eigenvalue weighted by Crippen LogP contribution is 2.50. The first-order valence-electron chi connectivity index (χ1n) is 11.1. The summed E-state index contributed by atoms with van der Waals surface area (Å²) in [5, 5.41) is 4.29. The molecule has 33 heavy (non-hydrogen) atoms. The average molecular weight is 504 g/mol. The Morgan fingerprint density at radius 2 is 2.21 bits per heavy atom. The molecule has 1 spiro atoms. The number of sulfone groups is 1. The summed E-state index contributed by atoms with van der Waals surface area (Å²) in [6.45, 7) is 4.68. The molecule has 0 radical (unpaired) electrons. The van der Waals surface area contributed by atoms with Crippen LogP contribution in [0, 0.1) is 0 Å². The summed E-state index contributed by atoms with van der Waals surface area (Å²) in [5.41, 5.74) is 2.14. The van der Waals surface area contributed by atoms with E-state index in [2.05, 4.69) is 16.9 Å². The van der Waals surface area contributed by atoms with E-state index < -0.39 is 21.9 Å². The number of nitrogens with zero attached hydrogens (tertiary/aromatic N) is 3. The molecule has 0 N–H and O–H groups in total. The smallest absolute Gasteiger partial charge is 0.273 e. The second kappa shape index (κ2) is 9.69. The lowest BCUT2D eigenvalue weighted by molar-refractivity contribution is -0.110. The van der Waals surface area contributed by atoms with Crippen molar-refractivity contribution < 1.29 is 26.7 Å². The summed E-state index contributed by atoms with van der Waals surface area (Å²) < 4.78 is 63.5. The van der Waals surface area contributed by atoms with Crippen molar-refractivity contribution in [2.75, 3.05) is 32.3 Å². The van der Waals surface area contributed by atoms with E-state index in [0.717, 1.165) is 35.4 Å². The molecule has 0 aromatic carbocycles. The third kappa shape index (κ3) is 5.32. The van der Waals surface area contributed by atoms with Crippen LogP contribution in [0.15, 0.2) is 12.4 Å². The van der Waals surface area contributed by atoms with Crippen molar-refractivity contribution in [3.8, 4) is 0 Å². The van der Waals surface area contributed by atoms with Gasteiger partial charge in [-0.15, -0.1) is 11.3 Å². The van der Waals surface area contributed by atoms with E-state index >= 15 is 0 Å². The molecule has 0 bridgehead atoms. The molecule has 4 rings (SSSR count). The predicted molar refractivity (Wildman–Crippen MR) is 122 cm³/mol. The predicted octanol–water partition coefficient (Wildman–Crippen LogP) is 3.53. The van der Waals surface area contributed by atoms with E-state index in [-0.39, 0.29) is 23.3 Å². The molecule has 2 aliphatic rings. The molecule has 1 fully saturated rings. The summed E-state index contributed by atoms with van der Waals surface area (Å²) in [4.78, 5) is 3.41. The number of alkyl halides is 2. The quantitative estimate of drug-likeness (QED) is 0.549. The number of hydrogen-bond acceptors (Lipinski definition) is 7. The van der Waals surface area contributed by atoms with Crippen LogP contribution in [-0.4, -0.2) is 61.4 Å². The van der Waals surface area contributed by atoms with Gasteiger partial charge in [-0.1, -0.05) is 0 Å². The summed E-state index contributed by atoms with van der Waals surface area (Å²) in [5.74, 6) is 0.0584. The maximum absolute atomic E-state index is 13.8. The van der Waals surface area contributed by atoms with Gasteiger partial charge in [0.2, 0.25) is 0 Å². The molecule has 1 saturated heterocycles. The van der Waals surface area contributed by atoms with Crippen molar-refractivity contribution in [2.24, 2.45) is 0 Å². The fourth-order valence-electron chi connectivity index (χ4n) is 4.97. The number of halogens is 2. The van der Waals surface area contributed by atoms with Crippen LogP contribution in [0.1, 0.15) is 52.6 Å². The highest BCUT2D eigenvalue weighted by molar-refractivity contribution is 7.90. The number of fused-ring (bicyclic) bond motifs is 2. The first-order valence-corrected chi connectivity index (χ1v) is 14.0. The second-order valence-corrected chi connectivity index (χ2v) is 12.4. The van der Waals surface area contributed by atoms with Crippen LogP contribution in [0.5, 0.6) is 0 Å². The number of thiophene rings is 1. The number of piperidine rings is 1. The molecular weight excluding hydrogens is 472 g/mol. The lowest BCUT2D eigenvalue weighted by atomic mass is 9.81. The fourth-order valence-corrected chi connectivity index (χ4v) is 6.89. The Balaban J connectivity index is 1.48. The van der Waals surface area contributed by atoms with Gasteiger partial charge in [-0.05, 0) is 31.7 Å². The molecular formula is C22H31F2N3O4S2. The minimum absolute atomic E-state index is 0.0584. The zero-order valence-corrected chi connectivity index (χ0v) is 20.9. The third-order valence-electron chi connectivity index (χ3n) is 6.59. The van der Waals surface area contributed by atoms with Crippen LogP contribution < -0.4 is 0 Å². The highest BCUT2D eigenvalue weighted by atomic mass is 32.2. The van der Waals surface area contributed by atoms with E-state index in [1.807, 2.05) is 6.20 Å². The zero-order chi connectivity index (χ0) is 23.8. The largest absolute Gasteiger partial charge is 0.380 e. The van der Waals surface area contributed by atoms with Crippen LogP contribution in [-0.2, 0) is 51.0 Å². The van der Waals surface area contributed by atoms with Crippen molar-refractivity contribution >= 4 is 21.2 Å². The lowest BCUT2D eigenvalue weighted by Crippen LogP contribution is -2.50. The Kier molecular flexibility index (Phi) is 7.26. The van der Waals surface area contributed by atoms with E-state index in [0.29, 0.717) is 31.7 Å². The molecule has 184 valence electrons. The zero-order valence-electron chi connectivity index (χ0n) is 19.2. The van der Waals surface area contributed by atoms with Gasteiger partial charge in [0.1, 0.15) is 15.4 Å². The van der Waals surface area contributed by atoms with E-state index in [9.17, 15) is 17.2 Å². The SMILES string of the molecule is COCc1c(C(F)F)sc2c1CCO[C@@]21CCN(Cc2cnn(CCS(C)(=O)=O)c2)[C@@H](C)C1. The Morgan fingerprint density at radius 3 is 2.88 bits per heavy atom. The Bertz CT molecular complexity index is 1090. The van der Waals surface area contributed by atoms with Gasteiger partial charge in [0.05, 0.1) is 36.6 Å². The molecule has 7 nitrogen and oxygen atoms in total. The van der Waals surface area contributed by atoms with Crippen LogP contribution in [0.4, 0.5) is 8.78 Å². The van der Waals surface area contributed by atoms with Gasteiger partial charge in [-0.2, -0.15) is 5.10 Å². The first kappa shape index (κ1) is 24.7. The molecule has 4 heterocycles. The summed E-state index contributed by atoms with van der Waals surface area (Å²) >= 11 is 1.20. The maximum Gasteiger partial charge on any atom is 0.273 e. The first-order chi connectivity index (χ1) is 15.6. The van der Waals surface area contributed by atoms with Crippen LogP contribution in [0.2, 0.25) is 0 Å². The van der Waals surface area contributed by atoms with Crippen molar-refractivity contribution in [1.29, 1.82) is 0 Å². The average Bonchev–Trinajstić information content (AvgIpc) is 3.34. The number of methoxy groups -OCH3 is 1. The van der Waals surface area contributed by atoms with Crippen LogP contribution in [0.25, 0.3) is 0 Å². The monoisotopic (exact) mass is 503 g/mol. The molecule has 0 amide bonds. The van der Waals surface area contributed by atoms with Gasteiger partial charge in [-0.25, -0.2) is 17.2 Å². The Labute approximate surface area is 197 Å². The van der Waals surface area contributed by atoms with Gasteiger partial charge in [0.25, 0.3) is 6.43 Å². The van der Waals surface area contributed by atoms with Gasteiger partial charge in [0, 0.05) is 54.7 Å². The molecule has 2 aromatic heterocycles. The van der Waals surface area contributed by atoms with E-state index in [1.54, 1.807) is 10.9 Å². The number of ether oxygens (including phenoxy) is 2. The summed E-state index contributed by atoms with van der Waals surface area (Å²) in [7, 11) is -1.50. The lowest BCUT2D eigenvalue weighted by Gasteiger charge is -2.47. The summed E-state index contributed by atoms with van der Waals surface area (Å²) in [6.07, 6.45) is 4.49. The van der Waals surface area contributed by atoms with Gasteiger partial charge < -0.3 is 9.47 Å². The molecule has 11 heteroatoms.